The fraction of sp³-hybridized carbons (Fsp3) is 0.636. The number of aromatic nitrogens is 2. The topological polar surface area (TPSA) is 50.2 Å². The first kappa shape index (κ1) is 11.1. The van der Waals surface area contributed by atoms with Crippen LogP contribution < -0.4 is 5.32 Å². The molecule has 1 unspecified atom stereocenters. The van der Waals surface area contributed by atoms with Gasteiger partial charge in [-0.25, -0.2) is 4.98 Å². The minimum atomic E-state index is 0.0338. The van der Waals surface area contributed by atoms with Gasteiger partial charge in [-0.1, -0.05) is 6.92 Å². The Balaban J connectivity index is 2.00. The van der Waals surface area contributed by atoms with E-state index in [0.717, 1.165) is 25.5 Å². The van der Waals surface area contributed by atoms with Gasteiger partial charge in [-0.05, 0) is 7.05 Å². The minimum absolute atomic E-state index is 0.0338. The number of hydrogen-bond acceptors (Lipinski definition) is 3. The predicted molar refractivity (Wildman–Crippen MR) is 60.7 cm³/mol. The molecule has 2 heterocycles. The fourth-order valence-electron chi connectivity index (χ4n) is 2.07. The molecule has 1 amide bonds. The molecule has 0 saturated heterocycles. The van der Waals surface area contributed by atoms with E-state index in [9.17, 15) is 4.79 Å². The summed E-state index contributed by atoms with van der Waals surface area (Å²) in [6.45, 7) is 4.97. The molecule has 16 heavy (non-hydrogen) atoms. The van der Waals surface area contributed by atoms with Crippen molar-refractivity contribution in [1.29, 1.82) is 0 Å². The van der Waals surface area contributed by atoms with Gasteiger partial charge in [0, 0.05) is 37.9 Å². The van der Waals surface area contributed by atoms with Crippen molar-refractivity contribution < 1.29 is 4.79 Å². The molecule has 88 valence electrons. The van der Waals surface area contributed by atoms with Crippen LogP contribution in [0.1, 0.15) is 12.7 Å². The standard InChI is InChI=1S/C11H18N4O/c1-9(7-12-2)11(16)15-6-5-14-4-3-13-10(14)8-15/h3-4,9,12H,5-8H2,1-2H3. The number of carbonyl (C=O) groups excluding carboxylic acids is 1. The first-order valence-electron chi connectivity index (χ1n) is 5.65. The summed E-state index contributed by atoms with van der Waals surface area (Å²) < 4.78 is 2.10. The highest BCUT2D eigenvalue weighted by Gasteiger charge is 2.24. The van der Waals surface area contributed by atoms with Crippen LogP contribution in [-0.4, -0.2) is 40.5 Å². The highest BCUT2D eigenvalue weighted by atomic mass is 16.2. The second kappa shape index (κ2) is 4.65. The smallest absolute Gasteiger partial charge is 0.227 e. The second-order valence-electron chi connectivity index (χ2n) is 4.26. The molecule has 5 heteroatoms. The SMILES string of the molecule is CNCC(C)C(=O)N1CCn2ccnc2C1. The van der Waals surface area contributed by atoms with Gasteiger partial charge in [0.25, 0.3) is 0 Å². The molecule has 1 aliphatic heterocycles. The molecule has 0 saturated carbocycles. The fourth-order valence-corrected chi connectivity index (χ4v) is 2.07. The largest absolute Gasteiger partial charge is 0.333 e. The number of nitrogens with one attached hydrogen (secondary N) is 1. The summed E-state index contributed by atoms with van der Waals surface area (Å²) in [6.07, 6.45) is 3.76. The van der Waals surface area contributed by atoms with Crippen molar-refractivity contribution in [1.82, 2.24) is 19.8 Å². The van der Waals surface area contributed by atoms with Gasteiger partial charge in [0.2, 0.25) is 5.91 Å². The van der Waals surface area contributed by atoms with E-state index < -0.39 is 0 Å². The highest BCUT2D eigenvalue weighted by molar-refractivity contribution is 5.78. The first-order valence-corrected chi connectivity index (χ1v) is 5.65. The van der Waals surface area contributed by atoms with Gasteiger partial charge in [-0.15, -0.1) is 0 Å². The average Bonchev–Trinajstić information content (AvgIpc) is 2.75. The van der Waals surface area contributed by atoms with Crippen molar-refractivity contribution in [3.8, 4) is 0 Å². The Labute approximate surface area is 95.5 Å². The summed E-state index contributed by atoms with van der Waals surface area (Å²) in [4.78, 5) is 18.2. The van der Waals surface area contributed by atoms with Crippen molar-refractivity contribution in [3.05, 3.63) is 18.2 Å². The maximum Gasteiger partial charge on any atom is 0.227 e. The van der Waals surface area contributed by atoms with Gasteiger partial charge in [-0.3, -0.25) is 4.79 Å². The van der Waals surface area contributed by atoms with E-state index in [-0.39, 0.29) is 11.8 Å². The van der Waals surface area contributed by atoms with Crippen LogP contribution in [0.3, 0.4) is 0 Å². The molecule has 0 spiro atoms. The third-order valence-corrected chi connectivity index (χ3v) is 2.99. The Morgan fingerprint density at radius 2 is 2.44 bits per heavy atom. The molecule has 1 aliphatic rings. The highest BCUT2D eigenvalue weighted by Crippen LogP contribution is 2.12. The lowest BCUT2D eigenvalue weighted by molar-refractivity contribution is -0.136. The number of amides is 1. The van der Waals surface area contributed by atoms with E-state index in [2.05, 4.69) is 14.9 Å². The normalized spacial score (nSPS) is 17.0. The quantitative estimate of drug-likeness (QED) is 0.788. The Hall–Kier alpha value is -1.36. The van der Waals surface area contributed by atoms with E-state index in [0.29, 0.717) is 6.54 Å². The molecule has 0 radical (unpaired) electrons. The van der Waals surface area contributed by atoms with Crippen LogP contribution in [-0.2, 0) is 17.9 Å². The maximum absolute atomic E-state index is 12.1. The Kier molecular flexibility index (Phi) is 3.24. The summed E-state index contributed by atoms with van der Waals surface area (Å²) >= 11 is 0. The summed E-state index contributed by atoms with van der Waals surface area (Å²) in [5.41, 5.74) is 0. The molecule has 0 aliphatic carbocycles. The molecule has 0 fully saturated rings. The third kappa shape index (κ3) is 2.09. The van der Waals surface area contributed by atoms with E-state index in [1.165, 1.54) is 0 Å². The molecule has 1 aromatic rings. The molecule has 2 rings (SSSR count). The second-order valence-corrected chi connectivity index (χ2v) is 4.26. The van der Waals surface area contributed by atoms with E-state index in [4.69, 9.17) is 0 Å². The van der Waals surface area contributed by atoms with E-state index in [1.54, 1.807) is 6.20 Å². The van der Waals surface area contributed by atoms with Crippen molar-refractivity contribution in [2.45, 2.75) is 20.0 Å². The van der Waals surface area contributed by atoms with Crippen LogP contribution in [0.4, 0.5) is 0 Å². The van der Waals surface area contributed by atoms with Crippen LogP contribution in [0.2, 0.25) is 0 Å². The van der Waals surface area contributed by atoms with Crippen LogP contribution in [0.15, 0.2) is 12.4 Å². The van der Waals surface area contributed by atoms with Gasteiger partial charge >= 0.3 is 0 Å². The molecule has 1 aromatic heterocycles. The molecule has 1 N–H and O–H groups in total. The van der Waals surface area contributed by atoms with E-state index >= 15 is 0 Å². The number of hydrogen-bond donors (Lipinski definition) is 1. The molecule has 0 bridgehead atoms. The summed E-state index contributed by atoms with van der Waals surface area (Å²) in [7, 11) is 1.87. The number of nitrogens with zero attached hydrogens (tertiary/aromatic N) is 3. The summed E-state index contributed by atoms with van der Waals surface area (Å²) in [5.74, 6) is 1.23. The maximum atomic E-state index is 12.1. The van der Waals surface area contributed by atoms with Crippen molar-refractivity contribution in [2.24, 2.45) is 5.92 Å². The molecule has 1 atom stereocenters. The first-order chi connectivity index (χ1) is 7.72. The van der Waals surface area contributed by atoms with Crippen LogP contribution in [0.5, 0.6) is 0 Å². The van der Waals surface area contributed by atoms with Crippen molar-refractivity contribution >= 4 is 5.91 Å². The lowest BCUT2D eigenvalue weighted by Crippen LogP contribution is -2.42. The Bertz CT molecular complexity index is 374. The zero-order chi connectivity index (χ0) is 11.5. The summed E-state index contributed by atoms with van der Waals surface area (Å²) in [6, 6.07) is 0. The van der Waals surface area contributed by atoms with Crippen molar-refractivity contribution in [2.75, 3.05) is 20.1 Å². The molecule has 0 aromatic carbocycles. The third-order valence-electron chi connectivity index (χ3n) is 2.99. The van der Waals surface area contributed by atoms with Gasteiger partial charge in [0.05, 0.1) is 6.54 Å². The molecule has 5 nitrogen and oxygen atoms in total. The number of carbonyl (C=O) groups is 1. The van der Waals surface area contributed by atoms with Crippen molar-refractivity contribution in [3.63, 3.8) is 0 Å². The van der Waals surface area contributed by atoms with Gasteiger partial charge in [-0.2, -0.15) is 0 Å². The van der Waals surface area contributed by atoms with Crippen LogP contribution >= 0.6 is 0 Å². The zero-order valence-corrected chi connectivity index (χ0v) is 9.81. The molecular weight excluding hydrogens is 204 g/mol. The van der Waals surface area contributed by atoms with Gasteiger partial charge < -0.3 is 14.8 Å². The number of fused-ring (bicyclic) bond motifs is 1. The monoisotopic (exact) mass is 222 g/mol. The van der Waals surface area contributed by atoms with Crippen LogP contribution in [0, 0.1) is 5.92 Å². The number of imidazole rings is 1. The van der Waals surface area contributed by atoms with Gasteiger partial charge in [0.1, 0.15) is 5.82 Å². The Morgan fingerprint density at radius 1 is 1.62 bits per heavy atom. The Morgan fingerprint density at radius 3 is 3.19 bits per heavy atom. The predicted octanol–water partition coefficient (Wildman–Crippen LogP) is 0.0808. The summed E-state index contributed by atoms with van der Waals surface area (Å²) in [5, 5.41) is 3.03. The van der Waals surface area contributed by atoms with Gasteiger partial charge in [0.15, 0.2) is 0 Å². The lowest BCUT2D eigenvalue weighted by atomic mass is 10.1. The van der Waals surface area contributed by atoms with E-state index in [1.807, 2.05) is 25.1 Å². The minimum Gasteiger partial charge on any atom is -0.333 e. The average molecular weight is 222 g/mol. The molecular formula is C11H18N4O. The number of rotatable bonds is 3. The zero-order valence-electron chi connectivity index (χ0n) is 9.81. The lowest BCUT2D eigenvalue weighted by Gasteiger charge is -2.29. The van der Waals surface area contributed by atoms with Crippen LogP contribution in [0.25, 0.3) is 0 Å².